The molecule has 2 saturated heterocycles. The molecule has 2 unspecified atom stereocenters. The van der Waals surface area contributed by atoms with Crippen LogP contribution in [0.5, 0.6) is 11.5 Å². The molecule has 2 aromatic rings. The second-order valence-electron chi connectivity index (χ2n) is 10.9. The van der Waals surface area contributed by atoms with E-state index >= 15 is 0 Å². The molecule has 47 heavy (non-hydrogen) atoms. The molecule has 0 aromatic carbocycles. The Hall–Kier alpha value is -0.780. The van der Waals surface area contributed by atoms with E-state index in [9.17, 15) is 16.8 Å². The number of ether oxygens (including phenoxy) is 4. The third kappa shape index (κ3) is 10.2. The van der Waals surface area contributed by atoms with Crippen LogP contribution < -0.4 is 19.3 Å². The van der Waals surface area contributed by atoms with Gasteiger partial charge in [-0.3, -0.25) is 0 Å². The minimum atomic E-state index is -3.41. The molecule has 268 valence electrons. The van der Waals surface area contributed by atoms with Crippen molar-refractivity contribution >= 4 is 99.7 Å². The van der Waals surface area contributed by atoms with Crippen molar-refractivity contribution in [3.05, 3.63) is 22.0 Å². The van der Waals surface area contributed by atoms with Crippen LogP contribution in [0.2, 0.25) is 10.6 Å². The number of nitrogens with zero attached hydrogens (tertiary/aromatic N) is 6. The Bertz CT molecular complexity index is 1590. The molecular formula is C27H42Cl2I2N6O8S2. The summed E-state index contributed by atoms with van der Waals surface area (Å²) in [5.74, 6) is 1.71. The molecule has 4 aliphatic rings. The zero-order valence-electron chi connectivity index (χ0n) is 26.3. The summed E-state index contributed by atoms with van der Waals surface area (Å²) >= 11 is 16.2. The average Bonchev–Trinajstić information content (AvgIpc) is 3.01. The first-order valence-electron chi connectivity index (χ1n) is 13.9. The zero-order chi connectivity index (χ0) is 34.4. The monoisotopic (exact) mass is 966 g/mol. The van der Waals surface area contributed by atoms with Crippen LogP contribution in [0.15, 0.2) is 0 Å². The standard InChI is InChI=1S/C13H18ClN3O4S.C11H14ClN3O4S.2CH3I.CH4/c1-13(2,22(3,18)19)10-9-11(16-12(14)15-10)17-4-5-20-6-8(17)7-21-9;1-20(16,17)6-8-9-10(14-11(12)13-8)15-2-3-18-4-7(15)5-19-9;2*1-2;/h8H,4-7H2,1-3H3;7H,2-6H2,1H3;2*1H3;1H4. The summed E-state index contributed by atoms with van der Waals surface area (Å²) < 4.78 is 68.3. The first kappa shape index (κ1) is 42.4. The van der Waals surface area contributed by atoms with Gasteiger partial charge in [0.25, 0.3) is 0 Å². The van der Waals surface area contributed by atoms with Crippen LogP contribution in [-0.4, -0.2) is 124 Å². The van der Waals surface area contributed by atoms with Gasteiger partial charge in [-0.2, -0.15) is 9.97 Å². The summed E-state index contributed by atoms with van der Waals surface area (Å²) in [4.78, 5) is 24.6. The molecule has 0 radical (unpaired) electrons. The fourth-order valence-corrected chi connectivity index (χ4v) is 6.50. The Morgan fingerprint density at radius 3 is 1.68 bits per heavy atom. The molecule has 20 heteroatoms. The van der Waals surface area contributed by atoms with E-state index in [1.54, 1.807) is 13.8 Å². The number of aromatic nitrogens is 4. The van der Waals surface area contributed by atoms with Crippen LogP contribution in [-0.2, 0) is 39.6 Å². The second kappa shape index (κ2) is 17.9. The fourth-order valence-electron chi connectivity index (χ4n) is 4.97. The molecule has 6 rings (SSSR count). The maximum absolute atomic E-state index is 12.1. The predicted molar refractivity (Wildman–Crippen MR) is 202 cm³/mol. The lowest BCUT2D eigenvalue weighted by molar-refractivity contribution is 0.0690. The molecule has 14 nitrogen and oxygen atoms in total. The van der Waals surface area contributed by atoms with E-state index in [1.165, 1.54) is 6.26 Å². The van der Waals surface area contributed by atoms with E-state index in [0.29, 0.717) is 87.3 Å². The molecule has 0 bridgehead atoms. The van der Waals surface area contributed by atoms with Crippen LogP contribution >= 0.6 is 68.4 Å². The topological polar surface area (TPSA) is 163 Å². The molecule has 0 N–H and O–H groups in total. The Morgan fingerprint density at radius 1 is 0.766 bits per heavy atom. The molecule has 2 aromatic heterocycles. The summed E-state index contributed by atoms with van der Waals surface area (Å²) in [5.41, 5.74) is 0.613. The van der Waals surface area contributed by atoms with Crippen molar-refractivity contribution < 1.29 is 35.8 Å². The third-order valence-corrected chi connectivity index (χ3v) is 10.6. The average molecular weight is 968 g/mol. The number of sulfone groups is 2. The Balaban J connectivity index is 0.000000291. The van der Waals surface area contributed by atoms with Gasteiger partial charge in [0.2, 0.25) is 10.6 Å². The van der Waals surface area contributed by atoms with Gasteiger partial charge in [0, 0.05) is 25.6 Å². The largest absolute Gasteiger partial charge is 0.486 e. The molecule has 0 amide bonds. The van der Waals surface area contributed by atoms with Gasteiger partial charge in [0.05, 0.1) is 44.3 Å². The zero-order valence-corrected chi connectivity index (χ0v) is 33.8. The van der Waals surface area contributed by atoms with Gasteiger partial charge in [0.15, 0.2) is 42.8 Å². The van der Waals surface area contributed by atoms with Gasteiger partial charge in [-0.1, -0.05) is 52.6 Å². The lowest BCUT2D eigenvalue weighted by Gasteiger charge is -2.41. The van der Waals surface area contributed by atoms with Crippen molar-refractivity contribution in [2.24, 2.45) is 0 Å². The first-order valence-corrected chi connectivity index (χ1v) is 22.9. The van der Waals surface area contributed by atoms with E-state index in [-0.39, 0.29) is 35.8 Å². The van der Waals surface area contributed by atoms with Gasteiger partial charge < -0.3 is 28.7 Å². The number of alkyl halides is 2. The molecule has 4 aliphatic heterocycles. The predicted octanol–water partition coefficient (Wildman–Crippen LogP) is 4.02. The van der Waals surface area contributed by atoms with Crippen LogP contribution in [0.1, 0.15) is 32.7 Å². The van der Waals surface area contributed by atoms with Crippen molar-refractivity contribution in [3.63, 3.8) is 0 Å². The lowest BCUT2D eigenvalue weighted by Crippen LogP contribution is -2.52. The lowest BCUT2D eigenvalue weighted by atomic mass is 10.1. The molecule has 0 spiro atoms. The normalized spacial score (nSPS) is 19.8. The van der Waals surface area contributed by atoms with Gasteiger partial charge >= 0.3 is 0 Å². The van der Waals surface area contributed by atoms with E-state index in [4.69, 9.17) is 42.1 Å². The van der Waals surface area contributed by atoms with Crippen molar-refractivity contribution in [2.45, 2.75) is 43.9 Å². The number of fused-ring (bicyclic) bond motifs is 6. The van der Waals surface area contributed by atoms with Gasteiger partial charge in [-0.05, 0) is 46.9 Å². The van der Waals surface area contributed by atoms with Crippen molar-refractivity contribution in [1.82, 2.24) is 19.9 Å². The third-order valence-electron chi connectivity index (χ3n) is 7.45. The maximum Gasteiger partial charge on any atom is 0.224 e. The number of hydrogen-bond acceptors (Lipinski definition) is 14. The van der Waals surface area contributed by atoms with Gasteiger partial charge in [0.1, 0.15) is 29.3 Å². The molecule has 0 aliphatic carbocycles. The van der Waals surface area contributed by atoms with E-state index in [0.717, 1.165) is 6.26 Å². The fraction of sp³-hybridized carbons (Fsp3) is 0.704. The molecular weight excluding hydrogens is 925 g/mol. The minimum absolute atomic E-state index is 0. The van der Waals surface area contributed by atoms with Crippen molar-refractivity contribution in [2.75, 3.05) is 84.9 Å². The van der Waals surface area contributed by atoms with Crippen LogP contribution in [0, 0.1) is 0 Å². The summed E-state index contributed by atoms with van der Waals surface area (Å²) in [5, 5.41) is 0.0411. The number of halogens is 4. The molecule has 0 saturated carbocycles. The van der Waals surface area contributed by atoms with Crippen LogP contribution in [0.25, 0.3) is 0 Å². The Morgan fingerprint density at radius 2 is 1.21 bits per heavy atom. The highest BCUT2D eigenvalue weighted by molar-refractivity contribution is 14.1. The molecule has 2 fully saturated rings. The summed E-state index contributed by atoms with van der Waals surface area (Å²) in [7, 11) is -6.64. The SMILES string of the molecule is C.CC(C)(c1nc(Cl)nc2c1OCC1COCCN21)S(C)(=O)=O.CI.CI.CS(=O)(=O)Cc1nc(Cl)nc2c1OCC1COCCN21. The van der Waals surface area contributed by atoms with E-state index < -0.39 is 24.4 Å². The minimum Gasteiger partial charge on any atom is -0.486 e. The first-order chi connectivity index (χ1) is 21.7. The number of rotatable bonds is 4. The number of hydrogen-bond donors (Lipinski definition) is 0. The molecule has 6 heterocycles. The Labute approximate surface area is 315 Å². The van der Waals surface area contributed by atoms with Crippen LogP contribution in [0.3, 0.4) is 0 Å². The van der Waals surface area contributed by atoms with Crippen LogP contribution in [0.4, 0.5) is 11.6 Å². The summed E-state index contributed by atoms with van der Waals surface area (Å²) in [6.07, 6.45) is 2.32. The molecule has 2 atom stereocenters. The number of anilines is 2. The van der Waals surface area contributed by atoms with E-state index in [1.807, 2.05) is 14.8 Å². The van der Waals surface area contributed by atoms with Crippen molar-refractivity contribution in [3.8, 4) is 11.5 Å². The Kier molecular flexibility index (Phi) is 16.2. The highest BCUT2D eigenvalue weighted by Gasteiger charge is 2.42. The quantitative estimate of drug-likeness (QED) is 0.245. The van der Waals surface area contributed by atoms with Gasteiger partial charge in [-0.15, -0.1) is 0 Å². The smallest absolute Gasteiger partial charge is 0.224 e. The van der Waals surface area contributed by atoms with Crippen molar-refractivity contribution in [1.29, 1.82) is 0 Å². The second-order valence-corrected chi connectivity index (χ2v) is 16.3. The van der Waals surface area contributed by atoms with Gasteiger partial charge in [-0.25, -0.2) is 26.8 Å². The summed E-state index contributed by atoms with van der Waals surface area (Å²) in [6.45, 7) is 7.64. The summed E-state index contributed by atoms with van der Waals surface area (Å²) in [6, 6.07) is 0.134. The highest BCUT2D eigenvalue weighted by atomic mass is 127. The number of morpholine rings is 2. The highest BCUT2D eigenvalue weighted by Crippen LogP contribution is 2.43. The van der Waals surface area contributed by atoms with E-state index in [2.05, 4.69) is 70.0 Å². The maximum atomic E-state index is 12.1.